The predicted octanol–water partition coefficient (Wildman–Crippen LogP) is 2.50. The third-order valence-corrected chi connectivity index (χ3v) is 2.98. The zero-order valence-corrected chi connectivity index (χ0v) is 11.5. The second kappa shape index (κ2) is 5.44. The van der Waals surface area contributed by atoms with Gasteiger partial charge in [-0.15, -0.1) is 0 Å². The van der Waals surface area contributed by atoms with E-state index in [9.17, 15) is 4.79 Å². The molecule has 1 rings (SSSR count). The van der Waals surface area contributed by atoms with E-state index in [-0.39, 0.29) is 17.9 Å². The summed E-state index contributed by atoms with van der Waals surface area (Å²) >= 11 is 1.28. The van der Waals surface area contributed by atoms with Gasteiger partial charge in [0.05, 0.1) is 6.42 Å². The second-order valence-electron chi connectivity index (χ2n) is 5.02. The summed E-state index contributed by atoms with van der Waals surface area (Å²) in [5.41, 5.74) is -0.0784. The topological polar surface area (TPSA) is 75.1 Å². The molecule has 0 amide bonds. The molecule has 0 saturated heterocycles. The van der Waals surface area contributed by atoms with Crippen LogP contribution in [0, 0.1) is 0 Å². The summed E-state index contributed by atoms with van der Waals surface area (Å²) in [5.74, 6) is -0.0138. The van der Waals surface area contributed by atoms with Crippen molar-refractivity contribution in [3.63, 3.8) is 0 Å². The van der Waals surface area contributed by atoms with Gasteiger partial charge in [-0.1, -0.05) is 27.7 Å². The Bertz CT molecular complexity index is 384. The Balaban J connectivity index is 2.68. The highest BCUT2D eigenvalue weighted by atomic mass is 32.1. The number of hydrogen-bond donors (Lipinski definition) is 2. The quantitative estimate of drug-likeness (QED) is 0.847. The van der Waals surface area contributed by atoms with Crippen LogP contribution in [0.25, 0.3) is 0 Å². The lowest BCUT2D eigenvalue weighted by Crippen LogP contribution is -2.22. The average Bonchev–Trinajstić information content (AvgIpc) is 2.63. The molecular weight excluding hydrogens is 238 g/mol. The number of anilines is 1. The van der Waals surface area contributed by atoms with Crippen LogP contribution in [-0.4, -0.2) is 26.5 Å². The van der Waals surface area contributed by atoms with Gasteiger partial charge >= 0.3 is 5.97 Å². The van der Waals surface area contributed by atoms with Gasteiger partial charge in [-0.25, -0.2) is 4.98 Å². The van der Waals surface area contributed by atoms with Gasteiger partial charge in [0.15, 0.2) is 0 Å². The lowest BCUT2D eigenvalue weighted by Gasteiger charge is -2.14. The van der Waals surface area contributed by atoms with Gasteiger partial charge in [-0.3, -0.25) is 4.79 Å². The maximum Gasteiger partial charge on any atom is 0.305 e. The lowest BCUT2D eigenvalue weighted by atomic mass is 9.96. The van der Waals surface area contributed by atoms with E-state index < -0.39 is 5.97 Å². The van der Waals surface area contributed by atoms with Crippen LogP contribution < -0.4 is 5.32 Å². The number of rotatable bonds is 5. The first-order chi connectivity index (χ1) is 7.82. The number of carbonyl (C=O) groups is 1. The normalized spacial score (nSPS) is 13.4. The maximum atomic E-state index is 10.7. The summed E-state index contributed by atoms with van der Waals surface area (Å²) in [6.07, 6.45) is 0.845. The van der Waals surface area contributed by atoms with Crippen molar-refractivity contribution >= 4 is 22.6 Å². The number of nitrogens with zero attached hydrogens (tertiary/aromatic N) is 2. The molecule has 0 aliphatic rings. The minimum atomic E-state index is -0.801. The first kappa shape index (κ1) is 13.9. The van der Waals surface area contributed by atoms with Crippen molar-refractivity contribution in [3.05, 3.63) is 5.82 Å². The number of carboxylic acid groups (broad SMARTS) is 1. The molecule has 6 heteroatoms. The van der Waals surface area contributed by atoms with E-state index in [1.54, 1.807) is 0 Å². The SMILES string of the molecule is CCC(CC(=O)O)Nc1nc(C(C)(C)C)ns1. The lowest BCUT2D eigenvalue weighted by molar-refractivity contribution is -0.137. The van der Waals surface area contributed by atoms with E-state index in [4.69, 9.17) is 5.11 Å². The van der Waals surface area contributed by atoms with Crippen LogP contribution in [0.1, 0.15) is 46.4 Å². The number of aliphatic carboxylic acids is 1. The zero-order valence-electron chi connectivity index (χ0n) is 10.6. The van der Waals surface area contributed by atoms with Gasteiger partial charge in [0, 0.05) is 23.0 Å². The Morgan fingerprint density at radius 3 is 2.59 bits per heavy atom. The van der Waals surface area contributed by atoms with Gasteiger partial charge < -0.3 is 10.4 Å². The predicted molar refractivity (Wildman–Crippen MR) is 68.6 cm³/mol. The van der Waals surface area contributed by atoms with Gasteiger partial charge in [0.25, 0.3) is 0 Å². The molecule has 0 fully saturated rings. The molecule has 2 N–H and O–H groups in total. The molecule has 5 nitrogen and oxygen atoms in total. The van der Waals surface area contributed by atoms with E-state index in [1.165, 1.54) is 11.5 Å². The van der Waals surface area contributed by atoms with Crippen LogP contribution in [0.4, 0.5) is 5.13 Å². The molecule has 1 atom stereocenters. The minimum absolute atomic E-state index is 0.0784. The largest absolute Gasteiger partial charge is 0.481 e. The third kappa shape index (κ3) is 4.30. The fourth-order valence-electron chi connectivity index (χ4n) is 1.27. The van der Waals surface area contributed by atoms with Crippen LogP contribution in [0.2, 0.25) is 0 Å². The monoisotopic (exact) mass is 257 g/mol. The van der Waals surface area contributed by atoms with Crippen molar-refractivity contribution in [3.8, 4) is 0 Å². The Labute approximate surface area is 105 Å². The maximum absolute atomic E-state index is 10.7. The summed E-state index contributed by atoms with van der Waals surface area (Å²) < 4.78 is 4.27. The molecule has 1 aromatic rings. The molecule has 0 aliphatic carbocycles. The molecular formula is C11H19N3O2S. The van der Waals surface area contributed by atoms with Crippen molar-refractivity contribution in [2.75, 3.05) is 5.32 Å². The fourth-order valence-corrected chi connectivity index (χ4v) is 2.10. The Morgan fingerprint density at radius 2 is 2.18 bits per heavy atom. The van der Waals surface area contributed by atoms with Gasteiger partial charge in [0.1, 0.15) is 5.82 Å². The highest BCUT2D eigenvalue weighted by Gasteiger charge is 2.20. The highest BCUT2D eigenvalue weighted by molar-refractivity contribution is 7.09. The summed E-state index contributed by atoms with van der Waals surface area (Å²) in [4.78, 5) is 15.0. The minimum Gasteiger partial charge on any atom is -0.481 e. The van der Waals surface area contributed by atoms with Crippen molar-refractivity contribution < 1.29 is 9.90 Å². The second-order valence-corrected chi connectivity index (χ2v) is 5.77. The van der Waals surface area contributed by atoms with Crippen LogP contribution in [0.15, 0.2) is 0 Å². The van der Waals surface area contributed by atoms with Crippen molar-refractivity contribution in [1.82, 2.24) is 9.36 Å². The number of nitrogens with one attached hydrogen (secondary N) is 1. The molecule has 0 saturated carbocycles. The van der Waals surface area contributed by atoms with Crippen molar-refractivity contribution in [2.24, 2.45) is 0 Å². The zero-order chi connectivity index (χ0) is 13.1. The molecule has 1 unspecified atom stereocenters. The standard InChI is InChI=1S/C11H19N3O2S/c1-5-7(6-8(15)16)12-10-13-9(14-17-10)11(2,3)4/h7H,5-6H2,1-4H3,(H,15,16)(H,12,13,14). The molecule has 1 aromatic heterocycles. The van der Waals surface area contributed by atoms with Crippen LogP contribution in [0.3, 0.4) is 0 Å². The first-order valence-electron chi connectivity index (χ1n) is 5.65. The molecule has 0 spiro atoms. The molecule has 0 bridgehead atoms. The number of carboxylic acids is 1. The van der Waals surface area contributed by atoms with E-state index in [0.717, 1.165) is 12.2 Å². The smallest absolute Gasteiger partial charge is 0.305 e. The van der Waals surface area contributed by atoms with Crippen molar-refractivity contribution in [1.29, 1.82) is 0 Å². The van der Waals surface area contributed by atoms with Crippen LogP contribution >= 0.6 is 11.5 Å². The molecule has 0 aliphatic heterocycles. The number of hydrogen-bond acceptors (Lipinski definition) is 5. The average molecular weight is 257 g/mol. The van der Waals surface area contributed by atoms with E-state index >= 15 is 0 Å². The van der Waals surface area contributed by atoms with Gasteiger partial charge in [-0.2, -0.15) is 4.37 Å². The fraction of sp³-hybridized carbons (Fsp3) is 0.727. The highest BCUT2D eigenvalue weighted by Crippen LogP contribution is 2.23. The Kier molecular flexibility index (Phi) is 4.45. The van der Waals surface area contributed by atoms with E-state index in [0.29, 0.717) is 5.13 Å². The first-order valence-corrected chi connectivity index (χ1v) is 6.42. The number of aromatic nitrogens is 2. The molecule has 96 valence electrons. The summed E-state index contributed by atoms with van der Waals surface area (Å²) in [6.45, 7) is 8.10. The van der Waals surface area contributed by atoms with E-state index in [1.807, 2.05) is 27.7 Å². The summed E-state index contributed by atoms with van der Waals surface area (Å²) in [6, 6.07) is -0.0896. The Hall–Kier alpha value is -1.17. The molecule has 17 heavy (non-hydrogen) atoms. The van der Waals surface area contributed by atoms with Crippen molar-refractivity contribution in [2.45, 2.75) is 52.0 Å². The molecule has 0 radical (unpaired) electrons. The third-order valence-electron chi connectivity index (χ3n) is 2.34. The van der Waals surface area contributed by atoms with Gasteiger partial charge in [0.2, 0.25) is 5.13 Å². The summed E-state index contributed by atoms with van der Waals surface area (Å²) in [5, 5.41) is 12.6. The Morgan fingerprint density at radius 1 is 1.53 bits per heavy atom. The van der Waals surface area contributed by atoms with E-state index in [2.05, 4.69) is 14.7 Å². The van der Waals surface area contributed by atoms with Crippen LogP contribution in [0.5, 0.6) is 0 Å². The molecule has 0 aromatic carbocycles. The van der Waals surface area contributed by atoms with Gasteiger partial charge in [-0.05, 0) is 6.42 Å². The van der Waals surface area contributed by atoms with Crippen LogP contribution in [-0.2, 0) is 10.2 Å². The summed E-state index contributed by atoms with van der Waals surface area (Å²) in [7, 11) is 0. The molecule has 1 heterocycles.